The van der Waals surface area contributed by atoms with Gasteiger partial charge in [-0.15, -0.1) is 0 Å². The molecule has 0 spiro atoms. The van der Waals surface area contributed by atoms with Crippen LogP contribution in [0.1, 0.15) is 47.2 Å². The largest absolute Gasteiger partial charge is 0.490 e. The van der Waals surface area contributed by atoms with Gasteiger partial charge in [0.1, 0.15) is 5.75 Å². The third kappa shape index (κ3) is 4.02. The number of hydrogen-bond acceptors (Lipinski definition) is 4. The fourth-order valence-electron chi connectivity index (χ4n) is 3.29. The van der Waals surface area contributed by atoms with Crippen LogP contribution in [0.5, 0.6) is 5.75 Å². The zero-order valence-electron chi connectivity index (χ0n) is 14.7. The lowest BCUT2D eigenvalue weighted by atomic mass is 10.1. The number of benzene rings is 2. The molecule has 1 amide bonds. The lowest BCUT2D eigenvalue weighted by molar-refractivity contribution is -0.385. The van der Waals surface area contributed by atoms with E-state index in [2.05, 4.69) is 5.32 Å². The van der Waals surface area contributed by atoms with Crippen LogP contribution in [-0.2, 0) is 6.54 Å². The number of carbonyl (C=O) groups is 1. The van der Waals surface area contributed by atoms with E-state index in [0.717, 1.165) is 24.2 Å². The van der Waals surface area contributed by atoms with Crippen LogP contribution >= 0.6 is 0 Å². The van der Waals surface area contributed by atoms with E-state index in [1.54, 1.807) is 13.0 Å². The third-order valence-corrected chi connectivity index (χ3v) is 4.75. The number of carbonyl (C=O) groups excluding carboxylic acids is 1. The Labute approximate surface area is 152 Å². The number of nitro benzene ring substituents is 1. The van der Waals surface area contributed by atoms with Gasteiger partial charge in [0.05, 0.1) is 11.0 Å². The van der Waals surface area contributed by atoms with Crippen molar-refractivity contribution in [2.45, 2.75) is 45.3 Å². The van der Waals surface area contributed by atoms with Gasteiger partial charge in [-0.1, -0.05) is 24.3 Å². The Morgan fingerprint density at radius 1 is 1.19 bits per heavy atom. The number of hydrogen-bond donors (Lipinski definition) is 1. The van der Waals surface area contributed by atoms with Gasteiger partial charge in [0.25, 0.3) is 11.6 Å². The summed E-state index contributed by atoms with van der Waals surface area (Å²) in [5.74, 6) is 0.456. The fourth-order valence-corrected chi connectivity index (χ4v) is 3.29. The standard InChI is InChI=1S/C20H22N2O4/c1-14-17(10-6-11-18(14)22(24)25)20(23)21-13-15-7-2-5-12-19(15)26-16-8-3-4-9-16/h2,5-7,10-12,16H,3-4,8-9,13H2,1H3,(H,21,23). The molecule has 3 rings (SSSR count). The highest BCUT2D eigenvalue weighted by molar-refractivity contribution is 5.96. The number of rotatable bonds is 6. The molecular formula is C20H22N2O4. The van der Waals surface area contributed by atoms with Crippen LogP contribution in [-0.4, -0.2) is 16.9 Å². The maximum atomic E-state index is 12.5. The summed E-state index contributed by atoms with van der Waals surface area (Å²) in [6.07, 6.45) is 4.75. The average Bonchev–Trinajstić information content (AvgIpc) is 3.13. The molecule has 0 heterocycles. The average molecular weight is 354 g/mol. The van der Waals surface area contributed by atoms with Gasteiger partial charge in [0.15, 0.2) is 0 Å². The van der Waals surface area contributed by atoms with E-state index < -0.39 is 4.92 Å². The van der Waals surface area contributed by atoms with Crippen LogP contribution in [0.25, 0.3) is 0 Å². The highest BCUT2D eigenvalue weighted by atomic mass is 16.6. The van der Waals surface area contributed by atoms with Crippen molar-refractivity contribution < 1.29 is 14.5 Å². The van der Waals surface area contributed by atoms with E-state index in [9.17, 15) is 14.9 Å². The summed E-state index contributed by atoms with van der Waals surface area (Å²) in [5.41, 5.74) is 1.53. The molecule has 2 aromatic carbocycles. The predicted octanol–water partition coefficient (Wildman–Crippen LogP) is 4.15. The molecule has 6 nitrogen and oxygen atoms in total. The summed E-state index contributed by atoms with van der Waals surface area (Å²) >= 11 is 0. The minimum atomic E-state index is -0.475. The highest BCUT2D eigenvalue weighted by Gasteiger charge is 2.20. The van der Waals surface area contributed by atoms with Crippen molar-refractivity contribution in [3.63, 3.8) is 0 Å². The smallest absolute Gasteiger partial charge is 0.273 e. The Morgan fingerprint density at radius 3 is 2.65 bits per heavy atom. The summed E-state index contributed by atoms with van der Waals surface area (Å²) in [5, 5.41) is 13.9. The fraction of sp³-hybridized carbons (Fsp3) is 0.350. The Hall–Kier alpha value is -2.89. The van der Waals surface area contributed by atoms with Crippen molar-refractivity contribution >= 4 is 11.6 Å². The SMILES string of the molecule is Cc1c(C(=O)NCc2ccccc2OC2CCCC2)cccc1[N+](=O)[O-]. The zero-order chi connectivity index (χ0) is 18.5. The van der Waals surface area contributed by atoms with Gasteiger partial charge in [-0.05, 0) is 44.7 Å². The summed E-state index contributed by atoms with van der Waals surface area (Å²) < 4.78 is 6.08. The highest BCUT2D eigenvalue weighted by Crippen LogP contribution is 2.27. The van der Waals surface area contributed by atoms with E-state index in [1.165, 1.54) is 25.0 Å². The molecule has 26 heavy (non-hydrogen) atoms. The molecule has 136 valence electrons. The Balaban J connectivity index is 1.70. The van der Waals surface area contributed by atoms with Crippen molar-refractivity contribution in [3.05, 3.63) is 69.3 Å². The maximum Gasteiger partial charge on any atom is 0.273 e. The molecule has 6 heteroatoms. The molecule has 1 aliphatic rings. The molecular weight excluding hydrogens is 332 g/mol. The number of nitrogens with zero attached hydrogens (tertiary/aromatic N) is 1. The van der Waals surface area contributed by atoms with Gasteiger partial charge in [0, 0.05) is 29.3 Å². The van der Waals surface area contributed by atoms with Gasteiger partial charge >= 0.3 is 0 Å². The molecule has 0 saturated heterocycles. The van der Waals surface area contributed by atoms with Crippen molar-refractivity contribution in [3.8, 4) is 5.75 Å². The number of para-hydroxylation sites is 1. The molecule has 1 N–H and O–H groups in total. The van der Waals surface area contributed by atoms with E-state index in [-0.39, 0.29) is 17.7 Å². The first kappa shape index (κ1) is 17.9. The molecule has 1 fully saturated rings. The second kappa shape index (κ2) is 7.99. The summed E-state index contributed by atoms with van der Waals surface area (Å²) in [6, 6.07) is 12.2. The van der Waals surface area contributed by atoms with Crippen molar-refractivity contribution in [1.29, 1.82) is 0 Å². The minimum Gasteiger partial charge on any atom is -0.490 e. The monoisotopic (exact) mass is 354 g/mol. The Kier molecular flexibility index (Phi) is 5.51. The van der Waals surface area contributed by atoms with Gasteiger partial charge in [0.2, 0.25) is 0 Å². The molecule has 1 aliphatic carbocycles. The van der Waals surface area contributed by atoms with Crippen LogP contribution in [0.15, 0.2) is 42.5 Å². The topological polar surface area (TPSA) is 81.5 Å². The summed E-state index contributed by atoms with van der Waals surface area (Å²) in [7, 11) is 0. The van der Waals surface area contributed by atoms with Gasteiger partial charge in [-0.2, -0.15) is 0 Å². The third-order valence-electron chi connectivity index (χ3n) is 4.75. The second-order valence-corrected chi connectivity index (χ2v) is 6.52. The first-order valence-electron chi connectivity index (χ1n) is 8.83. The minimum absolute atomic E-state index is 0.0531. The predicted molar refractivity (Wildman–Crippen MR) is 98.3 cm³/mol. The van der Waals surface area contributed by atoms with Gasteiger partial charge in [-0.25, -0.2) is 0 Å². The Bertz CT molecular complexity index is 813. The van der Waals surface area contributed by atoms with E-state index in [4.69, 9.17) is 4.74 Å². The van der Waals surface area contributed by atoms with Crippen molar-refractivity contribution in [2.24, 2.45) is 0 Å². The molecule has 0 aliphatic heterocycles. The normalized spacial score (nSPS) is 14.2. The van der Waals surface area contributed by atoms with Crippen LogP contribution in [0.3, 0.4) is 0 Å². The molecule has 0 aromatic heterocycles. The maximum absolute atomic E-state index is 12.5. The van der Waals surface area contributed by atoms with Crippen LogP contribution in [0.4, 0.5) is 5.69 Å². The van der Waals surface area contributed by atoms with Crippen LogP contribution in [0, 0.1) is 17.0 Å². The molecule has 1 saturated carbocycles. The van der Waals surface area contributed by atoms with E-state index in [0.29, 0.717) is 17.7 Å². The van der Waals surface area contributed by atoms with Crippen LogP contribution < -0.4 is 10.1 Å². The number of ether oxygens (including phenoxy) is 1. The summed E-state index contributed by atoms with van der Waals surface area (Å²) in [6.45, 7) is 1.90. The van der Waals surface area contributed by atoms with Crippen molar-refractivity contribution in [2.75, 3.05) is 0 Å². The van der Waals surface area contributed by atoms with Crippen molar-refractivity contribution in [1.82, 2.24) is 5.32 Å². The number of nitro groups is 1. The van der Waals surface area contributed by atoms with E-state index in [1.807, 2.05) is 24.3 Å². The van der Waals surface area contributed by atoms with Gasteiger partial charge < -0.3 is 10.1 Å². The number of nitrogens with one attached hydrogen (secondary N) is 1. The molecule has 0 radical (unpaired) electrons. The van der Waals surface area contributed by atoms with Gasteiger partial charge in [-0.3, -0.25) is 14.9 Å². The lowest BCUT2D eigenvalue weighted by Crippen LogP contribution is -2.24. The second-order valence-electron chi connectivity index (χ2n) is 6.52. The zero-order valence-corrected chi connectivity index (χ0v) is 14.7. The lowest BCUT2D eigenvalue weighted by Gasteiger charge is -2.17. The first-order chi connectivity index (χ1) is 12.6. The molecule has 0 atom stereocenters. The van der Waals surface area contributed by atoms with E-state index >= 15 is 0 Å². The number of amides is 1. The first-order valence-corrected chi connectivity index (χ1v) is 8.83. The summed E-state index contributed by atoms with van der Waals surface area (Å²) in [4.78, 5) is 23.1. The Morgan fingerprint density at radius 2 is 1.92 bits per heavy atom. The van der Waals surface area contributed by atoms with Crippen LogP contribution in [0.2, 0.25) is 0 Å². The molecule has 2 aromatic rings. The molecule has 0 unspecified atom stereocenters. The quantitative estimate of drug-likeness (QED) is 0.624. The molecule has 0 bridgehead atoms.